The van der Waals surface area contributed by atoms with Gasteiger partial charge in [0.2, 0.25) is 5.91 Å². The van der Waals surface area contributed by atoms with E-state index in [4.69, 9.17) is 0 Å². The highest BCUT2D eigenvalue weighted by Gasteiger charge is 2.21. The first kappa shape index (κ1) is 19.4. The normalized spacial score (nSPS) is 18.4. The average molecular weight is 345 g/mol. The van der Waals surface area contributed by atoms with Gasteiger partial charge in [-0.3, -0.25) is 9.59 Å². The van der Waals surface area contributed by atoms with Crippen molar-refractivity contribution in [2.75, 3.05) is 33.7 Å². The number of carbonyl (C=O) groups excluding carboxylic acids is 2. The fraction of sp³-hybridized carbons (Fsp3) is 0.600. The van der Waals surface area contributed by atoms with E-state index in [9.17, 15) is 9.59 Å². The molecule has 0 radical (unpaired) electrons. The van der Waals surface area contributed by atoms with Crippen LogP contribution in [0.2, 0.25) is 0 Å². The minimum Gasteiger partial charge on any atom is -0.356 e. The fourth-order valence-electron chi connectivity index (χ4n) is 3.36. The third kappa shape index (κ3) is 6.16. The Labute approximate surface area is 151 Å². The van der Waals surface area contributed by atoms with Crippen LogP contribution in [0.3, 0.4) is 0 Å². The van der Waals surface area contributed by atoms with Gasteiger partial charge in [0.1, 0.15) is 0 Å². The van der Waals surface area contributed by atoms with Crippen LogP contribution in [0.4, 0.5) is 0 Å². The first-order chi connectivity index (χ1) is 12.0. The van der Waals surface area contributed by atoms with Crippen molar-refractivity contribution in [3.8, 4) is 0 Å². The molecule has 1 fully saturated rings. The molecule has 5 nitrogen and oxygen atoms in total. The Balaban J connectivity index is 1.75. The van der Waals surface area contributed by atoms with Gasteiger partial charge in [0.25, 0.3) is 5.91 Å². The van der Waals surface area contributed by atoms with Crippen LogP contribution in [0.5, 0.6) is 0 Å². The maximum atomic E-state index is 12.2. The number of hydrogen-bond donors (Lipinski definition) is 2. The molecule has 1 aliphatic rings. The summed E-state index contributed by atoms with van der Waals surface area (Å²) in [5, 5.41) is 6.43. The minimum absolute atomic E-state index is 0.000742. The van der Waals surface area contributed by atoms with Gasteiger partial charge in [-0.1, -0.05) is 19.1 Å². The Kier molecular flexibility index (Phi) is 7.44. The molecular formula is C20H31N3O2. The molecule has 0 aromatic heterocycles. The molecule has 1 aromatic rings. The third-order valence-electron chi connectivity index (χ3n) is 4.96. The average Bonchev–Trinajstić information content (AvgIpc) is 2.62. The molecule has 1 saturated heterocycles. The van der Waals surface area contributed by atoms with Crippen LogP contribution in [0.25, 0.3) is 0 Å². The Bertz CT molecular complexity index is 580. The molecule has 2 N–H and O–H groups in total. The SMILES string of the molecule is CC(CC(=O)NCCc1cccc(C(=O)N(C)C)c1)C1CCCNC1. The molecular weight excluding hydrogens is 314 g/mol. The molecule has 2 amide bonds. The Morgan fingerprint density at radius 3 is 2.84 bits per heavy atom. The number of nitrogens with one attached hydrogen (secondary N) is 2. The largest absolute Gasteiger partial charge is 0.356 e. The van der Waals surface area contributed by atoms with Crippen molar-refractivity contribution in [1.82, 2.24) is 15.5 Å². The highest BCUT2D eigenvalue weighted by molar-refractivity contribution is 5.94. The number of rotatable bonds is 7. The zero-order chi connectivity index (χ0) is 18.2. The van der Waals surface area contributed by atoms with Crippen LogP contribution in [-0.4, -0.2) is 50.4 Å². The molecule has 0 saturated carbocycles. The lowest BCUT2D eigenvalue weighted by molar-refractivity contribution is -0.122. The van der Waals surface area contributed by atoms with E-state index in [1.165, 1.54) is 12.8 Å². The molecule has 138 valence electrons. The molecule has 2 unspecified atom stereocenters. The molecule has 1 heterocycles. The second-order valence-corrected chi connectivity index (χ2v) is 7.29. The predicted octanol–water partition coefficient (Wildman–Crippen LogP) is 2.07. The van der Waals surface area contributed by atoms with E-state index in [0.717, 1.165) is 25.1 Å². The molecule has 2 rings (SSSR count). The van der Waals surface area contributed by atoms with Gasteiger partial charge in [-0.15, -0.1) is 0 Å². The van der Waals surface area contributed by atoms with Crippen molar-refractivity contribution >= 4 is 11.8 Å². The summed E-state index contributed by atoms with van der Waals surface area (Å²) in [6.07, 6.45) is 3.75. The number of piperidine rings is 1. The van der Waals surface area contributed by atoms with E-state index in [2.05, 4.69) is 17.6 Å². The lowest BCUT2D eigenvalue weighted by atomic mass is 9.85. The van der Waals surface area contributed by atoms with Crippen LogP contribution in [-0.2, 0) is 11.2 Å². The molecule has 0 bridgehead atoms. The van der Waals surface area contributed by atoms with Crippen LogP contribution < -0.4 is 10.6 Å². The number of amides is 2. The maximum absolute atomic E-state index is 12.2. The summed E-state index contributed by atoms with van der Waals surface area (Å²) in [6, 6.07) is 7.62. The van der Waals surface area contributed by atoms with Gasteiger partial charge < -0.3 is 15.5 Å². The highest BCUT2D eigenvalue weighted by atomic mass is 16.2. The summed E-state index contributed by atoms with van der Waals surface area (Å²) < 4.78 is 0. The summed E-state index contributed by atoms with van der Waals surface area (Å²) in [6.45, 7) is 4.91. The van der Waals surface area contributed by atoms with Crippen LogP contribution >= 0.6 is 0 Å². The zero-order valence-corrected chi connectivity index (χ0v) is 15.7. The first-order valence-electron chi connectivity index (χ1n) is 9.25. The minimum atomic E-state index is 0.000742. The first-order valence-corrected chi connectivity index (χ1v) is 9.25. The number of carbonyl (C=O) groups is 2. The second-order valence-electron chi connectivity index (χ2n) is 7.29. The van der Waals surface area contributed by atoms with E-state index < -0.39 is 0 Å². The van der Waals surface area contributed by atoms with E-state index in [-0.39, 0.29) is 11.8 Å². The number of hydrogen-bond acceptors (Lipinski definition) is 3. The Morgan fingerprint density at radius 2 is 2.16 bits per heavy atom. The van der Waals surface area contributed by atoms with Gasteiger partial charge in [-0.2, -0.15) is 0 Å². The van der Waals surface area contributed by atoms with Crippen LogP contribution in [0.15, 0.2) is 24.3 Å². The summed E-state index contributed by atoms with van der Waals surface area (Å²) in [4.78, 5) is 25.7. The summed E-state index contributed by atoms with van der Waals surface area (Å²) in [7, 11) is 3.50. The van der Waals surface area contributed by atoms with Crippen molar-refractivity contribution in [3.63, 3.8) is 0 Å². The topological polar surface area (TPSA) is 61.4 Å². The smallest absolute Gasteiger partial charge is 0.253 e. The zero-order valence-electron chi connectivity index (χ0n) is 15.7. The third-order valence-corrected chi connectivity index (χ3v) is 4.96. The Hall–Kier alpha value is -1.88. The predicted molar refractivity (Wildman–Crippen MR) is 101 cm³/mol. The summed E-state index contributed by atoms with van der Waals surface area (Å²) in [5.41, 5.74) is 1.75. The van der Waals surface area contributed by atoms with Crippen LogP contribution in [0.1, 0.15) is 42.1 Å². The van der Waals surface area contributed by atoms with Gasteiger partial charge in [0.15, 0.2) is 0 Å². The van der Waals surface area contributed by atoms with Crippen molar-refractivity contribution < 1.29 is 9.59 Å². The van der Waals surface area contributed by atoms with Gasteiger partial charge in [-0.05, 0) is 61.9 Å². The molecule has 0 aliphatic carbocycles. The highest BCUT2D eigenvalue weighted by Crippen LogP contribution is 2.22. The monoisotopic (exact) mass is 345 g/mol. The van der Waals surface area contributed by atoms with Crippen LogP contribution in [0, 0.1) is 11.8 Å². The second kappa shape index (κ2) is 9.56. The van der Waals surface area contributed by atoms with Crippen molar-refractivity contribution in [2.24, 2.45) is 11.8 Å². The van der Waals surface area contributed by atoms with Crippen molar-refractivity contribution in [1.29, 1.82) is 0 Å². The van der Waals surface area contributed by atoms with E-state index in [1.54, 1.807) is 19.0 Å². The maximum Gasteiger partial charge on any atom is 0.253 e. The van der Waals surface area contributed by atoms with Gasteiger partial charge in [0, 0.05) is 32.6 Å². The molecule has 1 aromatic carbocycles. The molecule has 5 heteroatoms. The molecule has 1 aliphatic heterocycles. The van der Waals surface area contributed by atoms with Gasteiger partial charge in [0.05, 0.1) is 0 Å². The molecule has 25 heavy (non-hydrogen) atoms. The number of nitrogens with zero attached hydrogens (tertiary/aromatic N) is 1. The standard InChI is InChI=1S/C20H31N3O2/c1-15(18-8-5-10-21-14-18)12-19(24)22-11-9-16-6-4-7-17(13-16)20(25)23(2)3/h4,6-7,13,15,18,21H,5,8-12,14H2,1-3H3,(H,22,24). The van der Waals surface area contributed by atoms with Crippen molar-refractivity contribution in [3.05, 3.63) is 35.4 Å². The molecule has 0 spiro atoms. The van der Waals surface area contributed by atoms with E-state index in [1.807, 2.05) is 24.3 Å². The summed E-state index contributed by atoms with van der Waals surface area (Å²) >= 11 is 0. The van der Waals surface area contributed by atoms with E-state index in [0.29, 0.717) is 30.4 Å². The Morgan fingerprint density at radius 1 is 1.36 bits per heavy atom. The molecule has 2 atom stereocenters. The lowest BCUT2D eigenvalue weighted by Crippen LogP contribution is -2.36. The van der Waals surface area contributed by atoms with Gasteiger partial charge in [-0.25, -0.2) is 0 Å². The summed E-state index contributed by atoms with van der Waals surface area (Å²) in [5.74, 6) is 1.14. The lowest BCUT2D eigenvalue weighted by Gasteiger charge is -2.28. The van der Waals surface area contributed by atoms with Crippen molar-refractivity contribution in [2.45, 2.75) is 32.6 Å². The number of benzene rings is 1. The van der Waals surface area contributed by atoms with E-state index >= 15 is 0 Å². The van der Waals surface area contributed by atoms with Gasteiger partial charge >= 0.3 is 0 Å². The quantitative estimate of drug-likeness (QED) is 0.795. The fourth-order valence-corrected chi connectivity index (χ4v) is 3.36.